The number of hydrogen-bond donors (Lipinski definition) is 0. The van der Waals surface area contributed by atoms with Crippen LogP contribution >= 0.6 is 11.5 Å². The summed E-state index contributed by atoms with van der Waals surface area (Å²) >= 11 is 1.42. The molecule has 0 saturated carbocycles. The fourth-order valence-electron chi connectivity index (χ4n) is 2.20. The second-order valence-electron chi connectivity index (χ2n) is 4.97. The Hall–Kier alpha value is -2.57. The maximum absolute atomic E-state index is 12.5. The van der Waals surface area contributed by atoms with Crippen LogP contribution in [0.2, 0.25) is 0 Å². The third-order valence-corrected chi connectivity index (χ3v) is 4.51. The molecule has 0 amide bonds. The number of benzene rings is 2. The molecule has 1 aromatic heterocycles. The van der Waals surface area contributed by atoms with E-state index in [1.54, 1.807) is 3.96 Å². The van der Waals surface area contributed by atoms with Crippen LogP contribution in [0.25, 0.3) is 0 Å². The fourth-order valence-corrected chi connectivity index (χ4v) is 3.08. The minimum atomic E-state index is -0.0233. The highest BCUT2D eigenvalue weighted by Crippen LogP contribution is 2.18. The Balaban J connectivity index is 1.90. The highest BCUT2D eigenvalue weighted by atomic mass is 32.1. The summed E-state index contributed by atoms with van der Waals surface area (Å²) in [5.41, 5.74) is 2.56. The first kappa shape index (κ1) is 14.4. The zero-order valence-electron chi connectivity index (χ0n) is 12.2. The first-order chi connectivity index (χ1) is 10.8. The maximum Gasteiger partial charge on any atom is 0.276 e. The van der Waals surface area contributed by atoms with Gasteiger partial charge in [-0.05, 0) is 24.6 Å². The first-order valence-corrected chi connectivity index (χ1v) is 7.92. The van der Waals surface area contributed by atoms with Crippen molar-refractivity contribution in [2.45, 2.75) is 13.0 Å². The zero-order valence-corrected chi connectivity index (χ0v) is 13.0. The molecule has 0 aliphatic carbocycles. The van der Waals surface area contributed by atoms with Gasteiger partial charge >= 0.3 is 0 Å². The van der Waals surface area contributed by atoms with Crippen molar-refractivity contribution in [1.29, 1.82) is 0 Å². The standard InChI is InChI=1S/C19H15NOS/c1-15(17-10-6-3-7-11-17)20-19(21)18(14-22-20)13-12-16-8-4-2-5-9-16/h2-11,14-15H,1H3/t15-/m0/s1. The van der Waals surface area contributed by atoms with E-state index in [2.05, 4.69) is 11.8 Å². The minimum Gasteiger partial charge on any atom is -0.267 e. The second kappa shape index (κ2) is 6.46. The van der Waals surface area contributed by atoms with Gasteiger partial charge < -0.3 is 0 Å². The van der Waals surface area contributed by atoms with Crippen LogP contribution in [0.4, 0.5) is 0 Å². The fraction of sp³-hybridized carbons (Fsp3) is 0.105. The van der Waals surface area contributed by atoms with E-state index < -0.39 is 0 Å². The van der Waals surface area contributed by atoms with Gasteiger partial charge in [-0.3, -0.25) is 8.75 Å². The molecule has 3 aromatic rings. The van der Waals surface area contributed by atoms with Crippen LogP contribution in [0.3, 0.4) is 0 Å². The topological polar surface area (TPSA) is 22.0 Å². The molecule has 108 valence electrons. The molecule has 0 bridgehead atoms. The molecule has 1 atom stereocenters. The summed E-state index contributed by atoms with van der Waals surface area (Å²) in [6.07, 6.45) is 0. The Bertz CT molecular complexity index is 866. The van der Waals surface area contributed by atoms with E-state index in [-0.39, 0.29) is 11.6 Å². The molecular formula is C19H15NOS. The molecular weight excluding hydrogens is 290 g/mol. The van der Waals surface area contributed by atoms with Crippen molar-refractivity contribution in [2.24, 2.45) is 0 Å². The number of hydrogen-bond acceptors (Lipinski definition) is 2. The van der Waals surface area contributed by atoms with Crippen molar-refractivity contribution in [3.63, 3.8) is 0 Å². The summed E-state index contributed by atoms with van der Waals surface area (Å²) in [7, 11) is 0. The van der Waals surface area contributed by atoms with E-state index >= 15 is 0 Å². The lowest BCUT2D eigenvalue weighted by Gasteiger charge is -2.11. The molecule has 22 heavy (non-hydrogen) atoms. The molecule has 0 unspecified atom stereocenters. The van der Waals surface area contributed by atoms with Gasteiger partial charge in [0, 0.05) is 10.9 Å². The average molecular weight is 305 g/mol. The summed E-state index contributed by atoms with van der Waals surface area (Å²) in [6.45, 7) is 2.03. The van der Waals surface area contributed by atoms with E-state index in [4.69, 9.17) is 0 Å². The number of rotatable bonds is 2. The van der Waals surface area contributed by atoms with Crippen molar-refractivity contribution in [1.82, 2.24) is 3.96 Å². The van der Waals surface area contributed by atoms with E-state index in [0.29, 0.717) is 5.56 Å². The quantitative estimate of drug-likeness (QED) is 0.658. The molecule has 0 aliphatic heterocycles. The van der Waals surface area contributed by atoms with Crippen LogP contribution in [-0.4, -0.2) is 3.96 Å². The Kier molecular flexibility index (Phi) is 4.22. The van der Waals surface area contributed by atoms with Gasteiger partial charge in [-0.2, -0.15) is 0 Å². The van der Waals surface area contributed by atoms with Gasteiger partial charge in [0.25, 0.3) is 5.56 Å². The summed E-state index contributed by atoms with van der Waals surface area (Å²) in [4.78, 5) is 12.5. The first-order valence-electron chi connectivity index (χ1n) is 7.08. The molecule has 3 heteroatoms. The smallest absolute Gasteiger partial charge is 0.267 e. The largest absolute Gasteiger partial charge is 0.276 e. The lowest BCUT2D eigenvalue weighted by atomic mass is 10.1. The SMILES string of the molecule is C[C@@H](c1ccccc1)n1scc(C#Cc2ccccc2)c1=O. The lowest BCUT2D eigenvalue weighted by molar-refractivity contribution is 0.674. The summed E-state index contributed by atoms with van der Waals surface area (Å²) in [5, 5.41) is 1.83. The van der Waals surface area contributed by atoms with Crippen LogP contribution < -0.4 is 5.56 Å². The van der Waals surface area contributed by atoms with Crippen molar-refractivity contribution in [2.75, 3.05) is 0 Å². The van der Waals surface area contributed by atoms with Crippen LogP contribution in [-0.2, 0) is 0 Å². The van der Waals surface area contributed by atoms with Crippen molar-refractivity contribution in [3.05, 3.63) is 93.1 Å². The Labute approximate surface area is 133 Å². The Morgan fingerprint density at radius 2 is 1.59 bits per heavy atom. The van der Waals surface area contributed by atoms with Crippen molar-refractivity contribution >= 4 is 11.5 Å². The van der Waals surface area contributed by atoms with E-state index in [1.807, 2.05) is 73.0 Å². The van der Waals surface area contributed by atoms with E-state index in [0.717, 1.165) is 11.1 Å². The average Bonchev–Trinajstić information content (AvgIpc) is 2.95. The van der Waals surface area contributed by atoms with Crippen molar-refractivity contribution < 1.29 is 0 Å². The summed E-state index contributed by atoms with van der Waals surface area (Å²) < 4.78 is 1.77. The van der Waals surface area contributed by atoms with E-state index in [1.165, 1.54) is 11.5 Å². The van der Waals surface area contributed by atoms with Gasteiger partial charge in [0.1, 0.15) is 5.56 Å². The van der Waals surface area contributed by atoms with Crippen LogP contribution in [0, 0.1) is 11.8 Å². The van der Waals surface area contributed by atoms with Gasteiger partial charge in [0.2, 0.25) is 0 Å². The van der Waals surface area contributed by atoms with Crippen LogP contribution in [0.5, 0.6) is 0 Å². The van der Waals surface area contributed by atoms with Crippen LogP contribution in [0.15, 0.2) is 70.8 Å². The van der Waals surface area contributed by atoms with E-state index in [9.17, 15) is 4.79 Å². The molecule has 0 radical (unpaired) electrons. The second-order valence-corrected chi connectivity index (χ2v) is 5.81. The van der Waals surface area contributed by atoms with Gasteiger partial charge in [-0.1, -0.05) is 71.9 Å². The predicted molar refractivity (Wildman–Crippen MR) is 91.3 cm³/mol. The zero-order chi connectivity index (χ0) is 15.4. The molecule has 0 fully saturated rings. The highest BCUT2D eigenvalue weighted by molar-refractivity contribution is 7.04. The van der Waals surface area contributed by atoms with Gasteiger partial charge in [0.05, 0.1) is 6.04 Å². The molecule has 0 spiro atoms. The minimum absolute atomic E-state index is 0.0194. The normalized spacial score (nSPS) is 11.5. The summed E-state index contributed by atoms with van der Waals surface area (Å²) in [5.74, 6) is 6.02. The monoisotopic (exact) mass is 305 g/mol. The van der Waals surface area contributed by atoms with Gasteiger partial charge in [-0.15, -0.1) is 0 Å². The molecule has 0 saturated heterocycles. The Morgan fingerprint density at radius 1 is 0.955 bits per heavy atom. The molecule has 1 heterocycles. The molecule has 2 nitrogen and oxygen atoms in total. The van der Waals surface area contributed by atoms with Crippen molar-refractivity contribution in [3.8, 4) is 11.8 Å². The predicted octanol–water partition coefficient (Wildman–Crippen LogP) is 3.92. The highest BCUT2D eigenvalue weighted by Gasteiger charge is 2.12. The number of nitrogens with zero attached hydrogens (tertiary/aromatic N) is 1. The third-order valence-electron chi connectivity index (χ3n) is 3.46. The lowest BCUT2D eigenvalue weighted by Crippen LogP contribution is -2.19. The van der Waals surface area contributed by atoms with Crippen LogP contribution in [0.1, 0.15) is 29.7 Å². The van der Waals surface area contributed by atoms with Gasteiger partial charge in [-0.25, -0.2) is 0 Å². The maximum atomic E-state index is 12.5. The molecule has 0 aliphatic rings. The Morgan fingerprint density at radius 3 is 2.27 bits per heavy atom. The summed E-state index contributed by atoms with van der Waals surface area (Å²) in [6, 6.07) is 19.7. The number of aromatic nitrogens is 1. The molecule has 2 aromatic carbocycles. The molecule has 3 rings (SSSR count). The van der Waals surface area contributed by atoms with Gasteiger partial charge in [0.15, 0.2) is 0 Å². The third kappa shape index (κ3) is 3.03. The molecule has 0 N–H and O–H groups in total.